The molecule has 19 nitrogen and oxygen atoms in total. The summed E-state index contributed by atoms with van der Waals surface area (Å²) < 4.78 is 46.5. The summed E-state index contributed by atoms with van der Waals surface area (Å²) in [6.07, 6.45) is 2.98. The molecule has 8 rings (SSSR count). The molecule has 0 saturated carbocycles. The molecule has 1 atom stereocenters. The van der Waals surface area contributed by atoms with Crippen molar-refractivity contribution in [1.82, 2.24) is 45.1 Å². The molecule has 4 N–H and O–H groups in total. The number of halogens is 2. The number of aromatic nitrogens is 6. The van der Waals surface area contributed by atoms with Gasteiger partial charge in [-0.05, 0) is 50.5 Å². The third kappa shape index (κ3) is 9.01. The summed E-state index contributed by atoms with van der Waals surface area (Å²) in [7, 11) is 0. The molecule has 318 valence electrons. The molecule has 1 unspecified atom stereocenters. The zero-order chi connectivity index (χ0) is 42.6. The van der Waals surface area contributed by atoms with Crippen LogP contribution < -0.4 is 20.7 Å². The van der Waals surface area contributed by atoms with Crippen LogP contribution >= 0.6 is 0 Å². The number of hydrogen-bond acceptors (Lipinski definition) is 14. The third-order valence-corrected chi connectivity index (χ3v) is 10.5. The summed E-state index contributed by atoms with van der Waals surface area (Å²) in [6.45, 7) is 3.40. The summed E-state index contributed by atoms with van der Waals surface area (Å²) in [6, 6.07) is 8.51. The number of nitrogens with zero attached hydrogens (tertiary/aromatic N) is 7. The maximum Gasteiger partial charge on any atom is 0.262 e. The van der Waals surface area contributed by atoms with E-state index < -0.39 is 41.3 Å². The first-order chi connectivity index (χ1) is 29.5. The number of hydrogen-bond donors (Lipinski definition) is 4. The Morgan fingerprint density at radius 3 is 2.48 bits per heavy atom. The Hall–Kier alpha value is -6.87. The van der Waals surface area contributed by atoms with Crippen LogP contribution in [0.25, 0.3) is 11.0 Å². The fraction of sp³-hybridized carbons (Fsp3) is 0.375. The number of aromatic amines is 1. The Bertz CT molecular complexity index is 2500. The Labute approximate surface area is 346 Å². The smallest absolute Gasteiger partial charge is 0.262 e. The predicted octanol–water partition coefficient (Wildman–Crippen LogP) is 3.17. The van der Waals surface area contributed by atoms with E-state index in [1.807, 2.05) is 17.7 Å². The summed E-state index contributed by atoms with van der Waals surface area (Å²) in [5.41, 5.74) is 1.89. The highest BCUT2D eigenvalue weighted by atomic mass is 19.1. The Balaban J connectivity index is 0.778. The van der Waals surface area contributed by atoms with Crippen LogP contribution in [0.2, 0.25) is 0 Å². The van der Waals surface area contributed by atoms with Crippen LogP contribution in [-0.4, -0.2) is 121 Å². The Morgan fingerprint density at radius 1 is 0.918 bits per heavy atom. The lowest BCUT2D eigenvalue weighted by molar-refractivity contribution is -0.138. The molecule has 61 heavy (non-hydrogen) atoms. The van der Waals surface area contributed by atoms with Gasteiger partial charge in [-0.25, -0.2) is 13.5 Å². The van der Waals surface area contributed by atoms with Gasteiger partial charge in [0.05, 0.1) is 48.6 Å². The predicted molar refractivity (Wildman–Crippen MR) is 211 cm³/mol. The lowest BCUT2D eigenvalue weighted by Gasteiger charge is -2.32. The molecule has 0 bridgehead atoms. The summed E-state index contributed by atoms with van der Waals surface area (Å²) in [5, 5.41) is 20.8. The molecule has 6 heterocycles. The number of aryl methyl sites for hydroxylation is 1. The van der Waals surface area contributed by atoms with Crippen LogP contribution in [0.4, 0.5) is 26.4 Å². The van der Waals surface area contributed by atoms with Crippen LogP contribution in [0.3, 0.4) is 0 Å². The van der Waals surface area contributed by atoms with E-state index >= 15 is 0 Å². The van der Waals surface area contributed by atoms with E-state index in [4.69, 9.17) is 19.2 Å². The number of likely N-dealkylation sites (tertiary alicyclic amines) is 1. The fourth-order valence-electron chi connectivity index (χ4n) is 7.40. The number of piperidine rings is 2. The minimum atomic E-state index is -1.05. The van der Waals surface area contributed by atoms with Gasteiger partial charge in [-0.3, -0.25) is 39.3 Å². The van der Waals surface area contributed by atoms with E-state index in [1.54, 1.807) is 17.2 Å². The number of fused-ring (bicyclic) bond motifs is 2. The molecule has 0 radical (unpaired) electrons. The van der Waals surface area contributed by atoms with Gasteiger partial charge in [-0.2, -0.15) is 20.2 Å². The van der Waals surface area contributed by atoms with Crippen molar-refractivity contribution in [3.8, 4) is 5.75 Å². The summed E-state index contributed by atoms with van der Waals surface area (Å²) >= 11 is 0. The van der Waals surface area contributed by atoms with Gasteiger partial charge in [0.25, 0.3) is 11.8 Å². The molecular formula is C40H41F2N11O8. The van der Waals surface area contributed by atoms with E-state index in [-0.39, 0.29) is 87.0 Å². The molecule has 0 aliphatic carbocycles. The van der Waals surface area contributed by atoms with Crippen LogP contribution in [0.15, 0.2) is 48.7 Å². The zero-order valence-electron chi connectivity index (χ0n) is 32.9. The monoisotopic (exact) mass is 841 g/mol. The van der Waals surface area contributed by atoms with Gasteiger partial charge in [-0.1, -0.05) is 6.07 Å². The van der Waals surface area contributed by atoms with E-state index in [9.17, 15) is 32.8 Å². The van der Waals surface area contributed by atoms with Gasteiger partial charge in [0.15, 0.2) is 11.5 Å². The van der Waals surface area contributed by atoms with Crippen molar-refractivity contribution in [2.45, 2.75) is 51.2 Å². The number of carbonyl (C=O) groups excluding carboxylic acids is 5. The van der Waals surface area contributed by atoms with E-state index in [0.717, 1.165) is 16.7 Å². The Kier molecular flexibility index (Phi) is 11.9. The molecule has 3 aliphatic rings. The highest BCUT2D eigenvalue weighted by Gasteiger charge is 2.44. The molecule has 2 fully saturated rings. The number of carbonyl (C=O) groups is 5. The average molecular weight is 842 g/mol. The highest BCUT2D eigenvalue weighted by molar-refractivity contribution is 6.23. The molecule has 0 spiro atoms. The molecule has 3 aromatic heterocycles. The van der Waals surface area contributed by atoms with Crippen molar-refractivity contribution in [2.75, 3.05) is 56.8 Å². The first-order valence-electron chi connectivity index (χ1n) is 19.7. The molecule has 5 aromatic rings. The number of H-pyrrole nitrogens is 1. The van der Waals surface area contributed by atoms with E-state index in [2.05, 4.69) is 36.2 Å². The first kappa shape index (κ1) is 40.9. The number of imide groups is 2. The molecule has 2 saturated heterocycles. The highest BCUT2D eigenvalue weighted by Crippen LogP contribution is 2.32. The fourth-order valence-corrected chi connectivity index (χ4v) is 7.40. The number of benzene rings is 2. The van der Waals surface area contributed by atoms with Crippen LogP contribution in [-0.2, 0) is 30.4 Å². The molecular weight excluding hydrogens is 801 g/mol. The van der Waals surface area contributed by atoms with Gasteiger partial charge < -0.3 is 29.7 Å². The van der Waals surface area contributed by atoms with Crippen molar-refractivity contribution in [1.29, 1.82) is 0 Å². The maximum atomic E-state index is 14.4. The van der Waals surface area contributed by atoms with Crippen LogP contribution in [0.1, 0.15) is 63.7 Å². The quantitative estimate of drug-likeness (QED) is 0.0827. The average Bonchev–Trinajstić information content (AvgIpc) is 3.93. The number of rotatable bonds is 16. The van der Waals surface area contributed by atoms with Gasteiger partial charge >= 0.3 is 0 Å². The van der Waals surface area contributed by atoms with Crippen molar-refractivity contribution < 1.29 is 47.0 Å². The van der Waals surface area contributed by atoms with Crippen LogP contribution in [0, 0.1) is 18.6 Å². The normalized spacial score (nSPS) is 16.9. The molecule has 5 amide bonds. The van der Waals surface area contributed by atoms with E-state index in [0.29, 0.717) is 54.3 Å². The van der Waals surface area contributed by atoms with Gasteiger partial charge in [0.2, 0.25) is 23.7 Å². The maximum absolute atomic E-state index is 14.4. The second-order valence-electron chi connectivity index (χ2n) is 14.7. The molecule has 21 heteroatoms. The van der Waals surface area contributed by atoms with Crippen molar-refractivity contribution in [2.24, 2.45) is 0 Å². The van der Waals surface area contributed by atoms with Gasteiger partial charge in [0.1, 0.15) is 42.5 Å². The van der Waals surface area contributed by atoms with Crippen LogP contribution in [0.5, 0.6) is 5.75 Å². The lowest BCUT2D eigenvalue weighted by Crippen LogP contribution is -2.54. The first-order valence-corrected chi connectivity index (χ1v) is 19.7. The largest absolute Gasteiger partial charge is 0.491 e. The summed E-state index contributed by atoms with van der Waals surface area (Å²) in [4.78, 5) is 74.7. The number of nitrogens with one attached hydrogen (secondary N) is 4. The van der Waals surface area contributed by atoms with Crippen molar-refractivity contribution in [3.63, 3.8) is 0 Å². The minimum absolute atomic E-state index is 0.0116. The van der Waals surface area contributed by atoms with Gasteiger partial charge in [0, 0.05) is 49.4 Å². The van der Waals surface area contributed by atoms with Crippen molar-refractivity contribution >= 4 is 58.2 Å². The molecule has 2 aromatic carbocycles. The Morgan fingerprint density at radius 2 is 1.70 bits per heavy atom. The van der Waals surface area contributed by atoms with Crippen molar-refractivity contribution in [3.05, 3.63) is 82.7 Å². The lowest BCUT2D eigenvalue weighted by atomic mass is 10.0. The van der Waals surface area contributed by atoms with Gasteiger partial charge in [-0.15, -0.1) is 0 Å². The second kappa shape index (κ2) is 17.8. The standard InChI is InChI=1S/C40H41F2N11O8/c1-22-16-32(50-49-22)45-35-29-20-44-53(36(29)48-40(47-35)43-19-23-2-3-24(41)17-30(23)42)25-8-10-51(11-9-25)34(55)21-60-13-12-59-14-15-61-26-4-5-27-28(18-26)39(58)52(38(27)57)31-6-7-33(54)46-37(31)56/h2-5,16-18,20,25,31H,6-15,19,21H2,1H3,(H,46,54,56)(H3,43,45,47,48,49,50). The van der Waals surface area contributed by atoms with E-state index in [1.165, 1.54) is 24.3 Å². The number of ether oxygens (including phenoxy) is 3. The third-order valence-electron chi connectivity index (χ3n) is 10.5. The molecule has 3 aliphatic heterocycles. The minimum Gasteiger partial charge on any atom is -0.491 e. The second-order valence-corrected chi connectivity index (χ2v) is 14.7. The zero-order valence-corrected chi connectivity index (χ0v) is 32.9. The number of anilines is 3. The topological polar surface area (TPSA) is 228 Å². The summed E-state index contributed by atoms with van der Waals surface area (Å²) in [5.74, 6) is -2.35. The SMILES string of the molecule is Cc1cc(Nc2nc(NCc3ccc(F)cc3F)nc3c2cnn3C2CCN(C(=O)COCCOCCOc3ccc4c(c3)C(=O)N(C3CCC(=O)NC3=O)C4=O)CC2)n[nH]1. The number of amides is 5.